The fourth-order valence-electron chi connectivity index (χ4n) is 3.47. The number of rotatable bonds is 5. The molecule has 5 nitrogen and oxygen atoms in total. The second-order valence-electron chi connectivity index (χ2n) is 7.48. The van der Waals surface area contributed by atoms with Crippen LogP contribution in [-0.2, 0) is 14.6 Å². The van der Waals surface area contributed by atoms with Crippen LogP contribution in [0.25, 0.3) is 11.1 Å². The molecule has 28 heavy (non-hydrogen) atoms. The molecule has 0 unspecified atom stereocenters. The Bertz CT molecular complexity index is 943. The van der Waals surface area contributed by atoms with Crippen LogP contribution >= 0.6 is 0 Å². The normalized spacial score (nSPS) is 19.4. The molecule has 0 saturated carbocycles. The summed E-state index contributed by atoms with van der Waals surface area (Å²) < 4.78 is 36.5. The monoisotopic (exact) mass is 405 g/mol. The summed E-state index contributed by atoms with van der Waals surface area (Å²) in [5.74, 6) is -0.194. The maximum absolute atomic E-state index is 13.4. The maximum Gasteiger partial charge on any atom is 0.281 e. The Morgan fingerprint density at radius 2 is 1.64 bits per heavy atom. The van der Waals surface area contributed by atoms with Crippen LogP contribution in [0.15, 0.2) is 53.4 Å². The van der Waals surface area contributed by atoms with Crippen molar-refractivity contribution in [3.8, 4) is 11.1 Å². The molecule has 1 saturated heterocycles. The number of alkyl halides is 1. The van der Waals surface area contributed by atoms with E-state index in [0.717, 1.165) is 16.7 Å². The molecule has 1 aliphatic rings. The van der Waals surface area contributed by atoms with Crippen molar-refractivity contribution in [2.24, 2.45) is 0 Å². The zero-order chi connectivity index (χ0) is 20.5. The van der Waals surface area contributed by atoms with Gasteiger partial charge in [0.15, 0.2) is 15.9 Å². The third-order valence-corrected chi connectivity index (χ3v) is 6.54. The molecule has 1 heterocycles. The number of carbonyl (C=O) groups excluding carboxylic acids is 1. The van der Waals surface area contributed by atoms with Crippen molar-refractivity contribution in [1.82, 2.24) is 4.90 Å². The second kappa shape index (κ2) is 8.01. The Labute approximate surface area is 165 Å². The lowest BCUT2D eigenvalue weighted by atomic mass is 9.91. The molecule has 3 atom stereocenters. The Morgan fingerprint density at radius 3 is 2.11 bits per heavy atom. The van der Waals surface area contributed by atoms with E-state index in [2.05, 4.69) is 5.73 Å². The highest BCUT2D eigenvalue weighted by atomic mass is 32.2. The summed E-state index contributed by atoms with van der Waals surface area (Å²) in [6.45, 7) is 2.58. The lowest BCUT2D eigenvalue weighted by Gasteiger charge is -2.22. The van der Waals surface area contributed by atoms with Crippen LogP contribution in [-0.4, -0.2) is 50.8 Å². The number of likely N-dealkylation sites (tertiary alicyclic amines) is 1. The topological polar surface area (TPSA) is 82.1 Å². The number of benzene rings is 2. The van der Waals surface area contributed by atoms with Crippen molar-refractivity contribution in [3.63, 3.8) is 0 Å². The molecule has 1 amide bonds. The molecule has 2 aromatic rings. The van der Waals surface area contributed by atoms with Crippen molar-refractivity contribution in [2.45, 2.75) is 36.4 Å². The minimum atomic E-state index is -3.21. The van der Waals surface area contributed by atoms with Crippen LogP contribution < -0.4 is 5.73 Å². The number of hydrogen-bond acceptors (Lipinski definition) is 3. The maximum atomic E-state index is 13.4. The highest BCUT2D eigenvalue weighted by molar-refractivity contribution is 7.90. The lowest BCUT2D eigenvalue weighted by molar-refractivity contribution is -0.410. The van der Waals surface area contributed by atoms with Crippen LogP contribution in [0, 0.1) is 0 Å². The number of carbonyl (C=O) groups is 1. The molecular formula is C21H26FN2O3S+. The van der Waals surface area contributed by atoms with Gasteiger partial charge in [0.05, 0.1) is 11.4 Å². The predicted molar refractivity (Wildman–Crippen MR) is 106 cm³/mol. The number of amides is 1. The van der Waals surface area contributed by atoms with Crippen LogP contribution in [0.4, 0.5) is 4.39 Å². The molecule has 0 radical (unpaired) electrons. The smallest absolute Gasteiger partial charge is 0.281 e. The fraction of sp³-hybridized carbons (Fsp3) is 0.381. The van der Waals surface area contributed by atoms with Crippen LogP contribution in [0.2, 0.25) is 0 Å². The highest BCUT2D eigenvalue weighted by Crippen LogP contribution is 2.26. The Hall–Kier alpha value is -2.25. The zero-order valence-corrected chi connectivity index (χ0v) is 17.0. The van der Waals surface area contributed by atoms with E-state index >= 15 is 0 Å². The van der Waals surface area contributed by atoms with E-state index in [9.17, 15) is 17.6 Å². The number of nitrogens with zero attached hydrogens (tertiary/aromatic N) is 1. The number of quaternary nitrogens is 1. The van der Waals surface area contributed by atoms with Crippen molar-refractivity contribution in [3.05, 3.63) is 54.1 Å². The standard InChI is InChI=1S/C21H25FN2O3S/c1-14(20(23)21(25)24-12-11-18(22)13-24)15-3-5-16(6-4-15)17-7-9-19(10-8-17)28(2,26)27/h3-10,14,18,20H,11-13,23H2,1-2H3/p+1/t14-,18-,20-/m0/s1. The summed E-state index contributed by atoms with van der Waals surface area (Å²) >= 11 is 0. The van der Waals surface area contributed by atoms with Crippen molar-refractivity contribution >= 4 is 15.7 Å². The van der Waals surface area contributed by atoms with Gasteiger partial charge in [-0.3, -0.25) is 4.79 Å². The highest BCUT2D eigenvalue weighted by Gasteiger charge is 2.34. The first-order valence-electron chi connectivity index (χ1n) is 9.33. The first-order chi connectivity index (χ1) is 13.2. The Balaban J connectivity index is 1.72. The van der Waals surface area contributed by atoms with Crippen LogP contribution in [0.3, 0.4) is 0 Å². The number of hydrogen-bond donors (Lipinski definition) is 1. The predicted octanol–water partition coefficient (Wildman–Crippen LogP) is 2.04. The van der Waals surface area contributed by atoms with Gasteiger partial charge < -0.3 is 10.6 Å². The van der Waals surface area contributed by atoms with Gasteiger partial charge in [0.25, 0.3) is 5.91 Å². The zero-order valence-electron chi connectivity index (χ0n) is 16.1. The van der Waals surface area contributed by atoms with Crippen LogP contribution in [0.1, 0.15) is 24.8 Å². The molecule has 7 heteroatoms. The van der Waals surface area contributed by atoms with Gasteiger partial charge in [0.2, 0.25) is 0 Å². The van der Waals surface area contributed by atoms with Gasteiger partial charge in [-0.15, -0.1) is 0 Å². The summed E-state index contributed by atoms with van der Waals surface area (Å²) in [5.41, 5.74) is 6.89. The molecule has 3 rings (SSSR count). The van der Waals surface area contributed by atoms with Gasteiger partial charge in [-0.25, -0.2) is 12.8 Å². The average Bonchev–Trinajstić information content (AvgIpc) is 3.12. The van der Waals surface area contributed by atoms with E-state index in [-0.39, 0.29) is 23.3 Å². The summed E-state index contributed by atoms with van der Waals surface area (Å²) in [4.78, 5) is 14.4. The molecule has 1 fully saturated rings. The molecule has 1 aliphatic heterocycles. The van der Waals surface area contributed by atoms with Gasteiger partial charge in [-0.2, -0.15) is 0 Å². The van der Waals surface area contributed by atoms with Crippen LogP contribution in [0.5, 0.6) is 0 Å². The molecule has 2 aromatic carbocycles. The average molecular weight is 406 g/mol. The van der Waals surface area contributed by atoms with Gasteiger partial charge in [-0.05, 0) is 35.2 Å². The first kappa shape index (κ1) is 20.5. The van der Waals surface area contributed by atoms with Crippen molar-refractivity contribution < 1.29 is 23.3 Å². The molecule has 0 aromatic heterocycles. The third-order valence-electron chi connectivity index (χ3n) is 5.42. The van der Waals surface area contributed by atoms with Gasteiger partial charge in [-0.1, -0.05) is 43.3 Å². The molecule has 150 valence electrons. The summed E-state index contributed by atoms with van der Waals surface area (Å²) in [5, 5.41) is 0. The van der Waals surface area contributed by atoms with Gasteiger partial charge in [0, 0.05) is 18.7 Å². The van der Waals surface area contributed by atoms with Crippen molar-refractivity contribution in [1.29, 1.82) is 0 Å². The summed E-state index contributed by atoms with van der Waals surface area (Å²) in [7, 11) is -3.21. The second-order valence-corrected chi connectivity index (χ2v) is 9.50. The minimum Gasteiger partial charge on any atom is -0.347 e. The number of halogens is 1. The third kappa shape index (κ3) is 4.42. The van der Waals surface area contributed by atoms with E-state index in [1.165, 1.54) is 6.26 Å². The Kier molecular flexibility index (Phi) is 5.86. The number of sulfone groups is 1. The largest absolute Gasteiger partial charge is 0.347 e. The fourth-order valence-corrected chi connectivity index (χ4v) is 4.10. The van der Waals surface area contributed by atoms with Gasteiger partial charge in [0.1, 0.15) is 6.17 Å². The Morgan fingerprint density at radius 1 is 1.11 bits per heavy atom. The quantitative estimate of drug-likeness (QED) is 0.826. The van der Waals surface area contributed by atoms with E-state index in [1.807, 2.05) is 31.2 Å². The van der Waals surface area contributed by atoms with E-state index in [1.54, 1.807) is 29.2 Å². The molecular weight excluding hydrogens is 379 g/mol. The SMILES string of the molecule is C[C@@H](c1ccc(-c2ccc(S(C)(=O)=O)cc2)cc1)[C@H]([NH3+])C(=O)N1CC[C@H](F)C1. The van der Waals surface area contributed by atoms with Crippen molar-refractivity contribution in [2.75, 3.05) is 19.3 Å². The summed E-state index contributed by atoms with van der Waals surface area (Å²) in [6.07, 6.45) is 0.657. The molecule has 3 N–H and O–H groups in total. The van der Waals surface area contributed by atoms with E-state index in [4.69, 9.17) is 0 Å². The lowest BCUT2D eigenvalue weighted by Crippen LogP contribution is -2.69. The molecule has 0 spiro atoms. The van der Waals surface area contributed by atoms with E-state index < -0.39 is 22.1 Å². The molecule has 0 bridgehead atoms. The molecule has 0 aliphatic carbocycles. The minimum absolute atomic E-state index is 0.0900. The summed E-state index contributed by atoms with van der Waals surface area (Å²) in [6, 6.07) is 14.1. The van der Waals surface area contributed by atoms with Gasteiger partial charge >= 0.3 is 0 Å². The first-order valence-corrected chi connectivity index (χ1v) is 11.2. The van der Waals surface area contributed by atoms with E-state index in [0.29, 0.717) is 13.0 Å².